The fourth-order valence-corrected chi connectivity index (χ4v) is 2.70. The van der Waals surface area contributed by atoms with Gasteiger partial charge in [-0.25, -0.2) is 4.98 Å². The number of aromatic nitrogens is 2. The zero-order chi connectivity index (χ0) is 19.1. The van der Waals surface area contributed by atoms with Gasteiger partial charge in [0.15, 0.2) is 0 Å². The van der Waals surface area contributed by atoms with E-state index in [4.69, 9.17) is 4.74 Å². The van der Waals surface area contributed by atoms with Gasteiger partial charge in [0.25, 0.3) is 5.91 Å². The Hall–Kier alpha value is -3.08. The third kappa shape index (κ3) is 5.20. The fourth-order valence-electron chi connectivity index (χ4n) is 2.70. The van der Waals surface area contributed by atoms with Crippen LogP contribution in [0.3, 0.4) is 0 Å². The standard InChI is InChI=1S/C22H25N3O2/c1-3-4-15-27-21-11-7-19(8-12-21)22(26)24-20-9-5-18(6-10-20)16-25-14-13-23-17(25)2/h5-14H,3-4,15-16H2,1-2H3,(H,24,26). The lowest BCUT2D eigenvalue weighted by Gasteiger charge is -2.09. The first-order chi connectivity index (χ1) is 13.2. The van der Waals surface area contributed by atoms with Crippen LogP contribution >= 0.6 is 0 Å². The van der Waals surface area contributed by atoms with Crippen molar-refractivity contribution < 1.29 is 9.53 Å². The Kier molecular flexibility index (Phi) is 6.26. The third-order valence-corrected chi connectivity index (χ3v) is 4.37. The summed E-state index contributed by atoms with van der Waals surface area (Å²) >= 11 is 0. The molecule has 0 aliphatic carbocycles. The first kappa shape index (κ1) is 18.7. The molecule has 0 saturated heterocycles. The van der Waals surface area contributed by atoms with Gasteiger partial charge in [0, 0.05) is 30.2 Å². The topological polar surface area (TPSA) is 56.1 Å². The van der Waals surface area contributed by atoms with Crippen molar-refractivity contribution in [1.82, 2.24) is 9.55 Å². The smallest absolute Gasteiger partial charge is 0.255 e. The van der Waals surface area contributed by atoms with Gasteiger partial charge in [0.2, 0.25) is 0 Å². The quantitative estimate of drug-likeness (QED) is 0.592. The molecule has 27 heavy (non-hydrogen) atoms. The van der Waals surface area contributed by atoms with E-state index in [1.54, 1.807) is 18.3 Å². The van der Waals surface area contributed by atoms with Crippen LogP contribution in [0.2, 0.25) is 0 Å². The molecule has 1 amide bonds. The Morgan fingerprint density at radius 3 is 2.48 bits per heavy atom. The second kappa shape index (κ2) is 9.03. The van der Waals surface area contributed by atoms with Gasteiger partial charge < -0.3 is 14.6 Å². The van der Waals surface area contributed by atoms with Crippen molar-refractivity contribution in [2.75, 3.05) is 11.9 Å². The number of ether oxygens (including phenoxy) is 1. The molecule has 1 aromatic heterocycles. The number of unbranched alkanes of at least 4 members (excludes halogenated alkanes) is 1. The molecule has 0 fully saturated rings. The van der Waals surface area contributed by atoms with Crippen LogP contribution in [0.1, 0.15) is 41.5 Å². The molecular weight excluding hydrogens is 338 g/mol. The number of amides is 1. The fraction of sp³-hybridized carbons (Fsp3) is 0.273. The molecule has 1 N–H and O–H groups in total. The molecule has 0 aliphatic heterocycles. The molecule has 5 nitrogen and oxygen atoms in total. The van der Waals surface area contributed by atoms with Gasteiger partial charge in [-0.1, -0.05) is 25.5 Å². The molecular formula is C22H25N3O2. The van der Waals surface area contributed by atoms with Crippen molar-refractivity contribution in [1.29, 1.82) is 0 Å². The predicted molar refractivity (Wildman–Crippen MR) is 107 cm³/mol. The normalized spacial score (nSPS) is 10.6. The minimum absolute atomic E-state index is 0.131. The Bertz CT molecular complexity index is 867. The molecule has 5 heteroatoms. The van der Waals surface area contributed by atoms with Gasteiger partial charge in [0.05, 0.1) is 6.61 Å². The molecule has 0 aliphatic rings. The number of hydrogen-bond acceptors (Lipinski definition) is 3. The van der Waals surface area contributed by atoms with Crippen molar-refractivity contribution in [3.05, 3.63) is 77.9 Å². The molecule has 0 atom stereocenters. The first-order valence-electron chi connectivity index (χ1n) is 9.26. The highest BCUT2D eigenvalue weighted by molar-refractivity contribution is 6.04. The summed E-state index contributed by atoms with van der Waals surface area (Å²) in [7, 11) is 0. The highest BCUT2D eigenvalue weighted by Gasteiger charge is 2.07. The van der Waals surface area contributed by atoms with Gasteiger partial charge in [-0.2, -0.15) is 0 Å². The van der Waals surface area contributed by atoms with E-state index in [1.165, 1.54) is 0 Å². The zero-order valence-electron chi connectivity index (χ0n) is 15.8. The Morgan fingerprint density at radius 1 is 1.11 bits per heavy atom. The number of imidazole rings is 1. The van der Waals surface area contributed by atoms with Gasteiger partial charge in [0.1, 0.15) is 11.6 Å². The van der Waals surface area contributed by atoms with Gasteiger partial charge in [-0.15, -0.1) is 0 Å². The number of anilines is 1. The second-order valence-corrected chi connectivity index (χ2v) is 6.48. The Labute approximate surface area is 160 Å². The van der Waals surface area contributed by atoms with Crippen molar-refractivity contribution in [3.63, 3.8) is 0 Å². The molecule has 3 rings (SSSR count). The molecule has 140 valence electrons. The number of nitrogens with zero attached hydrogens (tertiary/aromatic N) is 2. The minimum Gasteiger partial charge on any atom is -0.494 e. The second-order valence-electron chi connectivity index (χ2n) is 6.48. The van der Waals surface area contributed by atoms with E-state index in [0.717, 1.165) is 42.2 Å². The maximum Gasteiger partial charge on any atom is 0.255 e. The van der Waals surface area contributed by atoms with E-state index in [9.17, 15) is 4.79 Å². The lowest BCUT2D eigenvalue weighted by atomic mass is 10.1. The van der Waals surface area contributed by atoms with Crippen LogP contribution in [0.25, 0.3) is 0 Å². The molecule has 0 unspecified atom stereocenters. The summed E-state index contributed by atoms with van der Waals surface area (Å²) in [5.41, 5.74) is 2.54. The molecule has 2 aromatic carbocycles. The molecule has 0 saturated carbocycles. The largest absolute Gasteiger partial charge is 0.494 e. The van der Waals surface area contributed by atoms with Crippen LogP contribution in [0.5, 0.6) is 5.75 Å². The summed E-state index contributed by atoms with van der Waals surface area (Å²) in [6.45, 7) is 5.57. The average molecular weight is 363 g/mol. The van der Waals surface area contributed by atoms with Crippen molar-refractivity contribution in [3.8, 4) is 5.75 Å². The molecule has 3 aromatic rings. The maximum absolute atomic E-state index is 12.4. The number of carbonyl (C=O) groups is 1. The van der Waals surface area contributed by atoms with E-state index in [1.807, 2.05) is 49.5 Å². The van der Waals surface area contributed by atoms with Crippen LogP contribution in [0.15, 0.2) is 60.9 Å². The van der Waals surface area contributed by atoms with Crippen molar-refractivity contribution in [2.24, 2.45) is 0 Å². The summed E-state index contributed by atoms with van der Waals surface area (Å²) in [5, 5.41) is 2.93. The van der Waals surface area contributed by atoms with E-state index in [0.29, 0.717) is 12.2 Å². The van der Waals surface area contributed by atoms with Crippen molar-refractivity contribution in [2.45, 2.75) is 33.2 Å². The number of carbonyl (C=O) groups excluding carboxylic acids is 1. The van der Waals surface area contributed by atoms with E-state index < -0.39 is 0 Å². The number of nitrogens with one attached hydrogen (secondary N) is 1. The van der Waals surface area contributed by atoms with E-state index in [-0.39, 0.29) is 5.91 Å². The number of aryl methyl sites for hydroxylation is 1. The van der Waals surface area contributed by atoms with E-state index in [2.05, 4.69) is 21.8 Å². The van der Waals surface area contributed by atoms with Crippen LogP contribution in [-0.4, -0.2) is 22.1 Å². The average Bonchev–Trinajstić information content (AvgIpc) is 3.08. The highest BCUT2D eigenvalue weighted by atomic mass is 16.5. The summed E-state index contributed by atoms with van der Waals surface area (Å²) in [6, 6.07) is 15.1. The van der Waals surface area contributed by atoms with Crippen molar-refractivity contribution >= 4 is 11.6 Å². The van der Waals surface area contributed by atoms with Gasteiger partial charge >= 0.3 is 0 Å². The van der Waals surface area contributed by atoms with Gasteiger partial charge in [-0.05, 0) is 55.3 Å². The summed E-state index contributed by atoms with van der Waals surface area (Å²) in [6.07, 6.45) is 5.88. The summed E-state index contributed by atoms with van der Waals surface area (Å²) < 4.78 is 7.71. The molecule has 0 spiro atoms. The predicted octanol–water partition coefficient (Wildman–Crippen LogP) is 4.67. The van der Waals surface area contributed by atoms with Crippen LogP contribution < -0.4 is 10.1 Å². The molecule has 1 heterocycles. The van der Waals surface area contributed by atoms with Crippen LogP contribution in [0, 0.1) is 6.92 Å². The number of benzene rings is 2. The molecule has 0 bridgehead atoms. The lowest BCUT2D eigenvalue weighted by molar-refractivity contribution is 0.102. The van der Waals surface area contributed by atoms with Gasteiger partial charge in [-0.3, -0.25) is 4.79 Å². The van der Waals surface area contributed by atoms with Crippen LogP contribution in [-0.2, 0) is 6.54 Å². The number of rotatable bonds is 8. The minimum atomic E-state index is -0.131. The van der Waals surface area contributed by atoms with E-state index >= 15 is 0 Å². The summed E-state index contributed by atoms with van der Waals surface area (Å²) in [5.74, 6) is 1.64. The maximum atomic E-state index is 12.4. The lowest BCUT2D eigenvalue weighted by Crippen LogP contribution is -2.12. The third-order valence-electron chi connectivity index (χ3n) is 4.37. The zero-order valence-corrected chi connectivity index (χ0v) is 15.8. The summed E-state index contributed by atoms with van der Waals surface area (Å²) in [4.78, 5) is 16.6. The Balaban J connectivity index is 1.56. The highest BCUT2D eigenvalue weighted by Crippen LogP contribution is 2.16. The molecule has 0 radical (unpaired) electrons. The number of hydrogen-bond donors (Lipinski definition) is 1. The monoisotopic (exact) mass is 363 g/mol. The van der Waals surface area contributed by atoms with Crippen LogP contribution in [0.4, 0.5) is 5.69 Å². The first-order valence-corrected chi connectivity index (χ1v) is 9.26. The Morgan fingerprint density at radius 2 is 1.85 bits per heavy atom. The SMILES string of the molecule is CCCCOc1ccc(C(=O)Nc2ccc(Cn3ccnc3C)cc2)cc1.